The second kappa shape index (κ2) is 6.04. The smallest absolute Gasteiger partial charge is 0.399 e. The van der Waals surface area contributed by atoms with Crippen LogP contribution in [0.2, 0.25) is 0 Å². The van der Waals surface area contributed by atoms with Crippen LogP contribution < -0.4 is 5.46 Å². The fourth-order valence-electron chi connectivity index (χ4n) is 3.32. The van der Waals surface area contributed by atoms with E-state index in [4.69, 9.17) is 9.31 Å². The summed E-state index contributed by atoms with van der Waals surface area (Å²) in [5, 5.41) is 0. The molecule has 0 N–H and O–H groups in total. The molecule has 2 amide bonds. The first kappa shape index (κ1) is 18.0. The van der Waals surface area contributed by atoms with Gasteiger partial charge in [-0.15, -0.1) is 0 Å². The van der Waals surface area contributed by atoms with Crippen LogP contribution in [0.25, 0.3) is 0 Å². The lowest BCUT2D eigenvalue weighted by molar-refractivity contribution is 0.00578. The number of nitrogens with zero attached hydrogens (tertiary/aromatic N) is 1. The van der Waals surface area contributed by atoms with Gasteiger partial charge in [0.25, 0.3) is 11.8 Å². The van der Waals surface area contributed by atoms with Gasteiger partial charge >= 0.3 is 7.12 Å². The summed E-state index contributed by atoms with van der Waals surface area (Å²) in [4.78, 5) is 26.3. The van der Waals surface area contributed by atoms with E-state index in [1.165, 1.54) is 4.90 Å². The summed E-state index contributed by atoms with van der Waals surface area (Å²) in [5.41, 5.74) is 1.95. The molecule has 138 valence electrons. The monoisotopic (exact) mass is 363 g/mol. The van der Waals surface area contributed by atoms with Gasteiger partial charge in [0.15, 0.2) is 0 Å². The van der Waals surface area contributed by atoms with Crippen LogP contribution in [0.3, 0.4) is 0 Å². The normalized spacial score (nSPS) is 20.3. The van der Waals surface area contributed by atoms with Gasteiger partial charge in [0.2, 0.25) is 0 Å². The maximum Gasteiger partial charge on any atom is 0.494 e. The fourth-order valence-corrected chi connectivity index (χ4v) is 3.32. The Morgan fingerprint density at radius 2 is 1.30 bits per heavy atom. The molecular formula is C21H22BNO4. The molecule has 0 spiro atoms. The summed E-state index contributed by atoms with van der Waals surface area (Å²) in [5.74, 6) is -0.490. The highest BCUT2D eigenvalue weighted by Crippen LogP contribution is 2.36. The van der Waals surface area contributed by atoms with Crippen LogP contribution in [0, 0.1) is 0 Å². The van der Waals surface area contributed by atoms with E-state index in [-0.39, 0.29) is 18.4 Å². The van der Waals surface area contributed by atoms with Crippen LogP contribution in [0.5, 0.6) is 0 Å². The third kappa shape index (κ3) is 2.89. The van der Waals surface area contributed by atoms with Gasteiger partial charge in [-0.1, -0.05) is 36.4 Å². The van der Waals surface area contributed by atoms with Crippen LogP contribution in [0.15, 0.2) is 48.5 Å². The largest absolute Gasteiger partial charge is 0.494 e. The number of carbonyl (C=O) groups excluding carboxylic acids is 2. The van der Waals surface area contributed by atoms with Gasteiger partial charge in [0.05, 0.1) is 28.9 Å². The van der Waals surface area contributed by atoms with E-state index in [0.29, 0.717) is 11.1 Å². The Hall–Kier alpha value is -2.44. The Morgan fingerprint density at radius 1 is 0.815 bits per heavy atom. The van der Waals surface area contributed by atoms with E-state index in [1.54, 1.807) is 24.3 Å². The number of hydrogen-bond donors (Lipinski definition) is 0. The lowest BCUT2D eigenvalue weighted by Gasteiger charge is -2.32. The van der Waals surface area contributed by atoms with Crippen molar-refractivity contribution in [1.82, 2.24) is 4.90 Å². The van der Waals surface area contributed by atoms with Gasteiger partial charge in [-0.3, -0.25) is 14.5 Å². The summed E-state index contributed by atoms with van der Waals surface area (Å²) in [6.45, 7) is 8.32. The maximum atomic E-state index is 12.5. The molecule has 4 rings (SSSR count). The highest BCUT2D eigenvalue weighted by Gasteiger charge is 2.51. The minimum atomic E-state index is -0.427. The molecule has 27 heavy (non-hydrogen) atoms. The molecule has 2 aromatic carbocycles. The van der Waals surface area contributed by atoms with Crippen molar-refractivity contribution >= 4 is 24.4 Å². The van der Waals surface area contributed by atoms with Gasteiger partial charge < -0.3 is 9.31 Å². The number of benzene rings is 2. The topological polar surface area (TPSA) is 55.8 Å². The summed E-state index contributed by atoms with van der Waals surface area (Å²) in [6.07, 6.45) is 0. The standard InChI is InChI=1S/C21H22BNO4/c1-20(2)21(3,4)27-22(26-20)15-11-9-14(10-12-15)13-23-18(24)16-7-5-6-8-17(16)19(23)25/h5-12H,13H2,1-4H3. The molecule has 2 heterocycles. The van der Waals surface area contributed by atoms with Crippen LogP contribution in [-0.4, -0.2) is 35.0 Å². The molecule has 2 aliphatic rings. The van der Waals surface area contributed by atoms with Crippen molar-refractivity contribution in [2.75, 3.05) is 0 Å². The average Bonchev–Trinajstić information content (AvgIpc) is 3.00. The van der Waals surface area contributed by atoms with Gasteiger partial charge in [0, 0.05) is 0 Å². The second-order valence-corrected chi connectivity index (χ2v) is 8.07. The number of rotatable bonds is 3. The van der Waals surface area contributed by atoms with Crippen molar-refractivity contribution < 1.29 is 18.9 Å². The summed E-state index contributed by atoms with van der Waals surface area (Å²) in [6, 6.07) is 14.6. The molecule has 0 saturated carbocycles. The zero-order valence-corrected chi connectivity index (χ0v) is 16.0. The Labute approximate surface area is 159 Å². The Kier molecular flexibility index (Phi) is 4.02. The molecule has 1 fully saturated rings. The minimum absolute atomic E-state index is 0.245. The molecule has 6 heteroatoms. The van der Waals surface area contributed by atoms with Crippen molar-refractivity contribution in [2.45, 2.75) is 45.4 Å². The fraction of sp³-hybridized carbons (Fsp3) is 0.333. The molecule has 2 aliphatic heterocycles. The summed E-state index contributed by atoms with van der Waals surface area (Å²) in [7, 11) is -0.427. The van der Waals surface area contributed by atoms with E-state index >= 15 is 0 Å². The van der Waals surface area contributed by atoms with Crippen molar-refractivity contribution in [1.29, 1.82) is 0 Å². The molecule has 0 atom stereocenters. The number of imide groups is 1. The van der Waals surface area contributed by atoms with Crippen molar-refractivity contribution in [3.63, 3.8) is 0 Å². The highest BCUT2D eigenvalue weighted by molar-refractivity contribution is 6.62. The minimum Gasteiger partial charge on any atom is -0.399 e. The van der Waals surface area contributed by atoms with Gasteiger partial charge in [-0.2, -0.15) is 0 Å². The van der Waals surface area contributed by atoms with Crippen LogP contribution >= 0.6 is 0 Å². The van der Waals surface area contributed by atoms with E-state index in [0.717, 1.165) is 11.0 Å². The molecule has 5 nitrogen and oxygen atoms in total. The molecular weight excluding hydrogens is 341 g/mol. The highest BCUT2D eigenvalue weighted by atomic mass is 16.7. The third-order valence-electron chi connectivity index (χ3n) is 5.72. The van der Waals surface area contributed by atoms with E-state index in [9.17, 15) is 9.59 Å². The quantitative estimate of drug-likeness (QED) is 0.622. The Balaban J connectivity index is 1.50. The van der Waals surface area contributed by atoms with Gasteiger partial charge in [-0.05, 0) is 50.9 Å². The first-order chi connectivity index (χ1) is 12.7. The number of carbonyl (C=O) groups is 2. The van der Waals surface area contributed by atoms with E-state index < -0.39 is 18.3 Å². The first-order valence-electron chi connectivity index (χ1n) is 9.09. The zero-order valence-electron chi connectivity index (χ0n) is 16.0. The van der Waals surface area contributed by atoms with Gasteiger partial charge in [0.1, 0.15) is 0 Å². The predicted octanol–water partition coefficient (Wildman–Crippen LogP) is 2.78. The maximum absolute atomic E-state index is 12.5. The summed E-state index contributed by atoms with van der Waals surface area (Å²) >= 11 is 0. The number of fused-ring (bicyclic) bond motifs is 1. The van der Waals surface area contributed by atoms with E-state index in [2.05, 4.69) is 0 Å². The second-order valence-electron chi connectivity index (χ2n) is 8.07. The molecule has 0 unspecified atom stereocenters. The molecule has 0 bridgehead atoms. The number of hydrogen-bond acceptors (Lipinski definition) is 4. The van der Waals surface area contributed by atoms with Gasteiger partial charge in [-0.25, -0.2) is 0 Å². The van der Waals surface area contributed by atoms with Crippen molar-refractivity contribution in [2.24, 2.45) is 0 Å². The van der Waals surface area contributed by atoms with Crippen LogP contribution in [-0.2, 0) is 15.9 Å². The lowest BCUT2D eigenvalue weighted by atomic mass is 9.79. The number of amides is 2. The Bertz CT molecular complexity index is 869. The zero-order chi connectivity index (χ0) is 19.4. The molecule has 2 aromatic rings. The summed E-state index contributed by atoms with van der Waals surface area (Å²) < 4.78 is 12.1. The third-order valence-corrected chi connectivity index (χ3v) is 5.72. The van der Waals surface area contributed by atoms with Crippen molar-refractivity contribution in [3.05, 3.63) is 65.2 Å². The van der Waals surface area contributed by atoms with Crippen LogP contribution in [0.1, 0.15) is 54.0 Å². The SMILES string of the molecule is CC1(C)OB(c2ccc(CN3C(=O)c4ccccc4C3=O)cc2)OC1(C)C. The van der Waals surface area contributed by atoms with Crippen molar-refractivity contribution in [3.8, 4) is 0 Å². The predicted molar refractivity (Wildman–Crippen MR) is 103 cm³/mol. The molecule has 0 aliphatic carbocycles. The first-order valence-corrected chi connectivity index (χ1v) is 9.09. The lowest BCUT2D eigenvalue weighted by Crippen LogP contribution is -2.41. The molecule has 0 aromatic heterocycles. The van der Waals surface area contributed by atoms with E-state index in [1.807, 2.05) is 52.0 Å². The average molecular weight is 363 g/mol. The molecule has 1 saturated heterocycles. The molecule has 0 radical (unpaired) electrons. The Morgan fingerprint density at radius 3 is 1.78 bits per heavy atom. The van der Waals surface area contributed by atoms with Crippen LogP contribution in [0.4, 0.5) is 0 Å².